The number of carbonyl (C=O) groups excluding carboxylic acids is 1. The van der Waals surface area contributed by atoms with Gasteiger partial charge in [-0.3, -0.25) is 4.79 Å². The van der Waals surface area contributed by atoms with Crippen molar-refractivity contribution in [3.63, 3.8) is 0 Å². The summed E-state index contributed by atoms with van der Waals surface area (Å²) >= 11 is 0. The number of ether oxygens (including phenoxy) is 1. The van der Waals surface area contributed by atoms with Gasteiger partial charge >= 0.3 is 0 Å². The summed E-state index contributed by atoms with van der Waals surface area (Å²) < 4.78 is 6.10. The molecule has 2 heterocycles. The molecule has 0 aliphatic carbocycles. The predicted molar refractivity (Wildman–Crippen MR) is 121 cm³/mol. The molecule has 1 amide bonds. The lowest BCUT2D eigenvalue weighted by Crippen LogP contribution is -2.45. The maximum Gasteiger partial charge on any atom is 0.230 e. The molecular formula is C26H29N3O2. The van der Waals surface area contributed by atoms with Crippen molar-refractivity contribution in [2.24, 2.45) is 0 Å². The van der Waals surface area contributed by atoms with Crippen molar-refractivity contribution < 1.29 is 9.53 Å². The smallest absolute Gasteiger partial charge is 0.230 e. The van der Waals surface area contributed by atoms with E-state index in [-0.39, 0.29) is 24.0 Å². The molecule has 31 heavy (non-hydrogen) atoms. The van der Waals surface area contributed by atoms with Gasteiger partial charge in [0.2, 0.25) is 5.91 Å². The maximum atomic E-state index is 13.3. The van der Waals surface area contributed by atoms with Crippen LogP contribution in [0.1, 0.15) is 49.8 Å². The topological polar surface area (TPSA) is 55.3 Å². The largest absolute Gasteiger partial charge is 0.373 e. The Morgan fingerprint density at radius 3 is 2.45 bits per heavy atom. The fourth-order valence-electron chi connectivity index (χ4n) is 4.36. The average Bonchev–Trinajstić information content (AvgIpc) is 2.85. The van der Waals surface area contributed by atoms with E-state index in [4.69, 9.17) is 4.74 Å². The second kappa shape index (κ2) is 9.84. The summed E-state index contributed by atoms with van der Waals surface area (Å²) in [6, 6.07) is 18.6. The zero-order chi connectivity index (χ0) is 21.6. The van der Waals surface area contributed by atoms with E-state index in [1.54, 1.807) is 0 Å². The van der Waals surface area contributed by atoms with Crippen molar-refractivity contribution in [3.8, 4) is 11.1 Å². The number of aromatic nitrogens is 2. The van der Waals surface area contributed by atoms with Gasteiger partial charge in [-0.05, 0) is 43.4 Å². The highest BCUT2D eigenvalue weighted by molar-refractivity contribution is 5.83. The van der Waals surface area contributed by atoms with Gasteiger partial charge in [-0.2, -0.15) is 0 Å². The number of nitrogens with zero attached hydrogens (tertiary/aromatic N) is 3. The fraction of sp³-hybridized carbons (Fsp3) is 0.346. The first kappa shape index (κ1) is 21.2. The summed E-state index contributed by atoms with van der Waals surface area (Å²) in [7, 11) is 0. The van der Waals surface area contributed by atoms with Crippen LogP contribution in [0.2, 0.25) is 0 Å². The predicted octanol–water partition coefficient (Wildman–Crippen LogP) is 5.02. The molecule has 0 N–H and O–H groups in total. The van der Waals surface area contributed by atoms with Crippen molar-refractivity contribution in [1.29, 1.82) is 0 Å². The number of likely N-dealkylation sites (N-methyl/N-ethyl adjacent to an activating group) is 1. The van der Waals surface area contributed by atoms with Crippen LogP contribution in [0, 0.1) is 0 Å². The van der Waals surface area contributed by atoms with Crippen LogP contribution in [0.5, 0.6) is 0 Å². The minimum atomic E-state index is -0.144. The summed E-state index contributed by atoms with van der Waals surface area (Å²) in [5.74, 6) is 0.0496. The number of rotatable bonds is 6. The summed E-state index contributed by atoms with van der Waals surface area (Å²) in [5.41, 5.74) is 4.29. The molecule has 5 nitrogen and oxygen atoms in total. The first-order chi connectivity index (χ1) is 15.2. The Labute approximate surface area is 184 Å². The van der Waals surface area contributed by atoms with Crippen molar-refractivity contribution in [3.05, 3.63) is 84.4 Å². The Morgan fingerprint density at radius 1 is 1.06 bits per heavy atom. The van der Waals surface area contributed by atoms with Crippen molar-refractivity contribution in [2.45, 2.75) is 44.8 Å². The molecule has 3 atom stereocenters. The van der Waals surface area contributed by atoms with E-state index < -0.39 is 0 Å². The molecule has 0 saturated carbocycles. The number of hydrogen-bond acceptors (Lipinski definition) is 4. The molecule has 3 aromatic rings. The molecule has 1 aliphatic rings. The molecule has 1 fully saturated rings. The van der Waals surface area contributed by atoms with E-state index in [0.29, 0.717) is 13.2 Å². The van der Waals surface area contributed by atoms with Gasteiger partial charge in [0.25, 0.3) is 0 Å². The Kier molecular flexibility index (Phi) is 6.73. The van der Waals surface area contributed by atoms with Crippen LogP contribution in [0.15, 0.2) is 73.3 Å². The molecule has 1 aromatic heterocycles. The minimum absolute atomic E-state index is 0.00583. The van der Waals surface area contributed by atoms with Gasteiger partial charge in [0.15, 0.2) is 0 Å². The lowest BCUT2D eigenvalue weighted by atomic mass is 9.93. The average molecular weight is 416 g/mol. The van der Waals surface area contributed by atoms with Crippen LogP contribution in [-0.2, 0) is 9.53 Å². The van der Waals surface area contributed by atoms with Gasteiger partial charge in [-0.1, -0.05) is 54.6 Å². The normalized spacial score (nSPS) is 19.5. The molecule has 160 valence electrons. The van der Waals surface area contributed by atoms with E-state index in [1.165, 1.54) is 6.33 Å². The summed E-state index contributed by atoms with van der Waals surface area (Å²) in [6.45, 7) is 5.44. The van der Waals surface area contributed by atoms with Crippen LogP contribution in [-0.4, -0.2) is 40.0 Å². The molecule has 0 bridgehead atoms. The zero-order valence-corrected chi connectivity index (χ0v) is 18.1. The number of amides is 1. The van der Waals surface area contributed by atoms with E-state index in [0.717, 1.165) is 35.1 Å². The zero-order valence-electron chi connectivity index (χ0n) is 18.1. The van der Waals surface area contributed by atoms with Crippen molar-refractivity contribution in [2.75, 3.05) is 13.2 Å². The first-order valence-corrected chi connectivity index (χ1v) is 11.0. The van der Waals surface area contributed by atoms with Crippen LogP contribution < -0.4 is 0 Å². The molecule has 1 aliphatic heterocycles. The molecule has 1 saturated heterocycles. The van der Waals surface area contributed by atoms with E-state index >= 15 is 0 Å². The summed E-state index contributed by atoms with van der Waals surface area (Å²) in [6.07, 6.45) is 6.84. The third-order valence-electron chi connectivity index (χ3n) is 6.17. The Morgan fingerprint density at radius 2 is 1.77 bits per heavy atom. The number of carbonyl (C=O) groups is 1. The molecule has 5 heteroatoms. The Hall–Kier alpha value is -3.05. The second-order valence-corrected chi connectivity index (χ2v) is 8.04. The van der Waals surface area contributed by atoms with E-state index in [9.17, 15) is 4.79 Å². The Bertz CT molecular complexity index is 977. The highest BCUT2D eigenvalue weighted by Gasteiger charge is 2.32. The van der Waals surface area contributed by atoms with Crippen LogP contribution in [0.4, 0.5) is 0 Å². The quantitative estimate of drug-likeness (QED) is 0.567. The standard InChI is InChI=1S/C26H29N3O2/c1-3-29(26(30)19(2)20-7-5-4-6-8-20)24-13-14-31-25(15-24)22-11-9-21(10-12-22)23-16-27-18-28-17-23/h4-12,16-19,24-25H,3,13-15H2,1-2H3/t19?,24-,25+/m0/s1. The molecule has 0 radical (unpaired) electrons. The van der Waals surface area contributed by atoms with E-state index in [2.05, 4.69) is 41.2 Å². The van der Waals surface area contributed by atoms with Crippen molar-refractivity contribution >= 4 is 5.91 Å². The van der Waals surface area contributed by atoms with Gasteiger partial charge in [0.05, 0.1) is 12.0 Å². The van der Waals surface area contributed by atoms with Gasteiger partial charge in [-0.15, -0.1) is 0 Å². The van der Waals surface area contributed by atoms with E-state index in [1.807, 2.05) is 54.5 Å². The van der Waals surface area contributed by atoms with Crippen LogP contribution in [0.25, 0.3) is 11.1 Å². The lowest BCUT2D eigenvalue weighted by molar-refractivity contribution is -0.138. The van der Waals surface area contributed by atoms with Gasteiger partial charge in [-0.25, -0.2) is 9.97 Å². The van der Waals surface area contributed by atoms with Gasteiger partial charge in [0, 0.05) is 37.2 Å². The SMILES string of the molecule is CCN(C(=O)C(C)c1ccccc1)[C@H]1CCO[C@@H](c2ccc(-c3cncnc3)cc2)C1. The third-order valence-corrected chi connectivity index (χ3v) is 6.17. The third kappa shape index (κ3) is 4.83. The van der Waals surface area contributed by atoms with Crippen LogP contribution in [0.3, 0.4) is 0 Å². The van der Waals surface area contributed by atoms with Gasteiger partial charge in [0.1, 0.15) is 6.33 Å². The molecule has 1 unspecified atom stereocenters. The van der Waals surface area contributed by atoms with Crippen molar-refractivity contribution in [1.82, 2.24) is 14.9 Å². The molecular weight excluding hydrogens is 386 g/mol. The number of benzene rings is 2. The fourth-order valence-corrected chi connectivity index (χ4v) is 4.36. The monoisotopic (exact) mass is 415 g/mol. The summed E-state index contributed by atoms with van der Waals surface area (Å²) in [4.78, 5) is 23.5. The Balaban J connectivity index is 1.46. The molecule has 4 rings (SSSR count). The number of hydrogen-bond donors (Lipinski definition) is 0. The van der Waals surface area contributed by atoms with Crippen LogP contribution >= 0.6 is 0 Å². The second-order valence-electron chi connectivity index (χ2n) is 8.04. The molecule has 0 spiro atoms. The first-order valence-electron chi connectivity index (χ1n) is 11.0. The summed E-state index contributed by atoms with van der Waals surface area (Å²) in [5, 5.41) is 0. The molecule has 2 aromatic carbocycles. The van der Waals surface area contributed by atoms with Gasteiger partial charge < -0.3 is 9.64 Å². The maximum absolute atomic E-state index is 13.3. The highest BCUT2D eigenvalue weighted by Crippen LogP contribution is 2.33. The highest BCUT2D eigenvalue weighted by atomic mass is 16.5. The minimum Gasteiger partial charge on any atom is -0.373 e. The lowest BCUT2D eigenvalue weighted by Gasteiger charge is -2.38.